The van der Waals surface area contributed by atoms with Crippen LogP contribution in [0.2, 0.25) is 0 Å². The second-order valence-electron chi connectivity index (χ2n) is 16.8. The van der Waals surface area contributed by atoms with E-state index in [2.05, 4.69) is 52.0 Å². The molecule has 2 N–H and O–H groups in total. The van der Waals surface area contributed by atoms with Gasteiger partial charge in [-0.2, -0.15) is 0 Å². The van der Waals surface area contributed by atoms with Crippen LogP contribution in [0.5, 0.6) is 11.5 Å². The summed E-state index contributed by atoms with van der Waals surface area (Å²) in [7, 11) is 0. The minimum absolute atomic E-state index is 0.444. The molecule has 6 unspecified atom stereocenters. The zero-order valence-corrected chi connectivity index (χ0v) is 29.0. The quantitative estimate of drug-likeness (QED) is 0.364. The second kappa shape index (κ2) is 12.1. The van der Waals surface area contributed by atoms with E-state index in [0.717, 1.165) is 59.3 Å². The smallest absolute Gasteiger partial charge is 0.123 e. The first-order chi connectivity index (χ1) is 21.7. The maximum absolute atomic E-state index is 10.3. The summed E-state index contributed by atoms with van der Waals surface area (Å²) in [5, 5.41) is 20.0. The van der Waals surface area contributed by atoms with Gasteiger partial charge in [-0.25, -0.2) is 0 Å². The molecular formula is C43H60O2. The van der Waals surface area contributed by atoms with Gasteiger partial charge in [0.25, 0.3) is 0 Å². The molecule has 10 atom stereocenters. The summed E-state index contributed by atoms with van der Waals surface area (Å²) in [4.78, 5) is 0. The minimum Gasteiger partial charge on any atom is -0.508 e. The number of fused-ring (bicyclic) bond motifs is 10. The zero-order valence-electron chi connectivity index (χ0n) is 29.0. The molecule has 0 bridgehead atoms. The Labute approximate surface area is 274 Å². The highest BCUT2D eigenvalue weighted by atomic mass is 16.3. The average Bonchev–Trinajstić information content (AvgIpc) is 3.57. The molecule has 0 aromatic heterocycles. The van der Waals surface area contributed by atoms with E-state index in [1.807, 2.05) is 25.1 Å². The van der Waals surface area contributed by atoms with Gasteiger partial charge in [0.15, 0.2) is 0 Å². The molecule has 6 aliphatic carbocycles. The molecule has 4 saturated carbocycles. The van der Waals surface area contributed by atoms with Crippen molar-refractivity contribution in [3.8, 4) is 11.5 Å². The normalized spacial score (nSPS) is 39.5. The molecule has 244 valence electrons. The van der Waals surface area contributed by atoms with Crippen LogP contribution in [0.25, 0.3) is 6.08 Å². The Morgan fingerprint density at radius 1 is 0.689 bits per heavy atom. The van der Waals surface area contributed by atoms with E-state index in [4.69, 9.17) is 0 Å². The lowest BCUT2D eigenvalue weighted by atomic mass is 9.54. The van der Waals surface area contributed by atoms with Crippen molar-refractivity contribution in [2.75, 3.05) is 0 Å². The first-order valence-corrected chi connectivity index (χ1v) is 19.0. The Hall–Kier alpha value is -2.22. The lowest BCUT2D eigenvalue weighted by Crippen LogP contribution is -2.42. The third-order valence-electron chi connectivity index (χ3n) is 15.3. The summed E-state index contributed by atoms with van der Waals surface area (Å²) in [6, 6.07) is 10.5. The highest BCUT2D eigenvalue weighted by Crippen LogP contribution is 2.65. The lowest BCUT2D eigenvalue weighted by molar-refractivity contribution is 0.0273. The standard InChI is InChI=1S/C23H32O.C20H28O/c1-4-6-16-13-20-15(14-22(16)24)7-9-19-18(20)11-12-23(3)17(5-2)8-10-21(19)23;1-3-14-5-9-19-18-7-4-13-12-15(21)6-8-16(13)17(18)10-11-20(14,19)2/h4,6,13-14,17-19,21,24H,5,7-12H2,1-3H3;6,8,12,14,17-19,21H,3-5,7,9-11H2,1-2H3/b6-4+;/t17-,18?,19?,21?,23+;14-,17?,18?,19?,20+/m00/s1. The van der Waals surface area contributed by atoms with Crippen LogP contribution in [0.3, 0.4) is 0 Å². The van der Waals surface area contributed by atoms with E-state index in [1.165, 1.54) is 94.6 Å². The summed E-state index contributed by atoms with van der Waals surface area (Å²) < 4.78 is 0. The molecule has 8 rings (SSSR count). The van der Waals surface area contributed by atoms with Crippen LogP contribution in [0.15, 0.2) is 36.4 Å². The van der Waals surface area contributed by atoms with E-state index in [1.54, 1.807) is 11.1 Å². The Morgan fingerprint density at radius 2 is 1.24 bits per heavy atom. The molecule has 0 radical (unpaired) electrons. The second-order valence-corrected chi connectivity index (χ2v) is 16.8. The molecule has 0 heterocycles. The number of rotatable bonds is 3. The van der Waals surface area contributed by atoms with Gasteiger partial charge in [-0.1, -0.05) is 58.8 Å². The van der Waals surface area contributed by atoms with Gasteiger partial charge < -0.3 is 10.2 Å². The third kappa shape index (κ3) is 5.11. The van der Waals surface area contributed by atoms with Crippen LogP contribution in [0.4, 0.5) is 0 Å². The largest absolute Gasteiger partial charge is 0.508 e. The van der Waals surface area contributed by atoms with Gasteiger partial charge in [0.1, 0.15) is 11.5 Å². The van der Waals surface area contributed by atoms with Gasteiger partial charge in [-0.15, -0.1) is 0 Å². The maximum Gasteiger partial charge on any atom is 0.123 e. The van der Waals surface area contributed by atoms with Gasteiger partial charge in [-0.3, -0.25) is 0 Å². The molecule has 0 amide bonds. The maximum atomic E-state index is 10.3. The van der Waals surface area contributed by atoms with Gasteiger partial charge in [0, 0.05) is 5.56 Å². The monoisotopic (exact) mass is 608 g/mol. The van der Waals surface area contributed by atoms with E-state index in [-0.39, 0.29) is 0 Å². The first kappa shape index (κ1) is 31.4. The summed E-state index contributed by atoms with van der Waals surface area (Å²) in [5.74, 6) is 7.95. The Balaban J connectivity index is 0.000000146. The summed E-state index contributed by atoms with van der Waals surface area (Å²) in [6.07, 6.45) is 23.2. The van der Waals surface area contributed by atoms with E-state index in [0.29, 0.717) is 22.3 Å². The first-order valence-electron chi connectivity index (χ1n) is 19.0. The third-order valence-corrected chi connectivity index (χ3v) is 15.3. The van der Waals surface area contributed by atoms with Gasteiger partial charge >= 0.3 is 0 Å². The Bertz CT molecular complexity index is 1420. The molecule has 0 aliphatic heterocycles. The minimum atomic E-state index is 0.444. The zero-order chi connectivity index (χ0) is 31.5. The number of aryl methyl sites for hydroxylation is 2. The van der Waals surface area contributed by atoms with E-state index >= 15 is 0 Å². The van der Waals surface area contributed by atoms with Crippen molar-refractivity contribution in [2.45, 2.75) is 136 Å². The molecule has 2 nitrogen and oxygen atoms in total. The molecule has 0 spiro atoms. The predicted octanol–water partition coefficient (Wildman–Crippen LogP) is 11.6. The molecule has 2 aromatic carbocycles. The summed E-state index contributed by atoms with van der Waals surface area (Å²) >= 11 is 0. The number of phenolic OH excluding ortho intramolecular Hbond substituents is 2. The molecule has 45 heavy (non-hydrogen) atoms. The Morgan fingerprint density at radius 3 is 1.80 bits per heavy atom. The van der Waals surface area contributed by atoms with Crippen LogP contribution >= 0.6 is 0 Å². The molecule has 4 fully saturated rings. The SMILES string of the molecule is C/C=C/c1cc2c(cc1O)CCC1C2CC[C@@]2(C)C1CC[C@@H]2CC.CC[C@H]1CCC2C3CCc4cc(O)ccc4C3CC[C@@]21C. The van der Waals surface area contributed by atoms with Crippen LogP contribution in [-0.2, 0) is 12.8 Å². The fraction of sp³-hybridized carbons (Fsp3) is 0.674. The molecule has 2 aromatic rings. The fourth-order valence-corrected chi connectivity index (χ4v) is 13.1. The number of hydrogen-bond donors (Lipinski definition) is 2. The van der Waals surface area contributed by atoms with Gasteiger partial charge in [0.2, 0.25) is 0 Å². The van der Waals surface area contributed by atoms with Crippen molar-refractivity contribution < 1.29 is 10.2 Å². The topological polar surface area (TPSA) is 40.5 Å². The van der Waals surface area contributed by atoms with Gasteiger partial charge in [0.05, 0.1) is 0 Å². The number of benzene rings is 2. The van der Waals surface area contributed by atoms with Crippen LogP contribution < -0.4 is 0 Å². The summed E-state index contributed by atoms with van der Waals surface area (Å²) in [6.45, 7) is 12.0. The van der Waals surface area contributed by atoms with Crippen molar-refractivity contribution in [3.05, 3.63) is 64.2 Å². The molecule has 6 aliphatic rings. The van der Waals surface area contributed by atoms with Crippen molar-refractivity contribution in [1.82, 2.24) is 0 Å². The Kier molecular flexibility index (Phi) is 8.44. The van der Waals surface area contributed by atoms with Crippen molar-refractivity contribution >= 4 is 6.08 Å². The summed E-state index contributed by atoms with van der Waals surface area (Å²) in [5.41, 5.74) is 8.16. The van der Waals surface area contributed by atoms with E-state index in [9.17, 15) is 10.2 Å². The van der Waals surface area contributed by atoms with Crippen molar-refractivity contribution in [3.63, 3.8) is 0 Å². The number of phenols is 2. The number of aromatic hydroxyl groups is 2. The fourth-order valence-electron chi connectivity index (χ4n) is 13.1. The highest BCUT2D eigenvalue weighted by molar-refractivity contribution is 5.60. The van der Waals surface area contributed by atoms with Gasteiger partial charge in [-0.05, 0) is 189 Å². The molecule has 0 saturated heterocycles. The molecule has 2 heteroatoms. The molecular weight excluding hydrogens is 548 g/mol. The van der Waals surface area contributed by atoms with Crippen LogP contribution in [-0.4, -0.2) is 10.2 Å². The average molecular weight is 609 g/mol. The van der Waals surface area contributed by atoms with Crippen molar-refractivity contribution in [2.24, 2.45) is 46.3 Å². The number of hydrogen-bond acceptors (Lipinski definition) is 2. The van der Waals surface area contributed by atoms with Crippen LogP contribution in [0, 0.1) is 46.3 Å². The highest BCUT2D eigenvalue weighted by Gasteiger charge is 2.55. The van der Waals surface area contributed by atoms with Crippen molar-refractivity contribution in [1.29, 1.82) is 0 Å². The van der Waals surface area contributed by atoms with Crippen LogP contribution in [0.1, 0.15) is 151 Å². The van der Waals surface area contributed by atoms with E-state index < -0.39 is 0 Å². The predicted molar refractivity (Wildman–Crippen MR) is 188 cm³/mol. The number of allylic oxidation sites excluding steroid dienone is 1. The lowest BCUT2D eigenvalue weighted by Gasteiger charge is -2.51.